The summed E-state index contributed by atoms with van der Waals surface area (Å²) in [6, 6.07) is 9.88. The van der Waals surface area contributed by atoms with Gasteiger partial charge in [0.25, 0.3) is 0 Å². The highest BCUT2D eigenvalue weighted by atomic mass is 79.9. The fourth-order valence-corrected chi connectivity index (χ4v) is 3.77. The van der Waals surface area contributed by atoms with Gasteiger partial charge in [-0.3, -0.25) is 0 Å². The Morgan fingerprint density at radius 3 is 2.67 bits per heavy atom. The van der Waals surface area contributed by atoms with E-state index in [0.717, 1.165) is 30.3 Å². The Bertz CT molecular complexity index is 617. The molecule has 1 N–H and O–H groups in total. The van der Waals surface area contributed by atoms with E-state index in [1.807, 2.05) is 30.3 Å². The van der Waals surface area contributed by atoms with Crippen LogP contribution in [0.4, 0.5) is 0 Å². The second-order valence-electron chi connectivity index (χ2n) is 3.50. The van der Waals surface area contributed by atoms with Crippen LogP contribution in [0, 0.1) is 0 Å². The minimum atomic E-state index is -0.935. The lowest BCUT2D eigenvalue weighted by Crippen LogP contribution is -1.84. The zero-order valence-corrected chi connectivity index (χ0v) is 13.0. The van der Waals surface area contributed by atoms with Crippen molar-refractivity contribution < 1.29 is 9.90 Å². The first-order valence-corrected chi connectivity index (χ1v) is 7.43. The number of rotatable bonds is 3. The van der Waals surface area contributed by atoms with Crippen LogP contribution in [0.3, 0.4) is 0 Å². The number of hydrogen-bond donors (Lipinski definition) is 1. The molecule has 0 atom stereocenters. The largest absolute Gasteiger partial charge is 0.478 e. The molecule has 0 saturated heterocycles. The fraction of sp³-hybridized carbons (Fsp3) is 0. The van der Waals surface area contributed by atoms with Gasteiger partial charge >= 0.3 is 5.97 Å². The summed E-state index contributed by atoms with van der Waals surface area (Å²) in [5, 5.41) is 8.58. The third-order valence-corrected chi connectivity index (χ3v) is 4.45. The van der Waals surface area contributed by atoms with Gasteiger partial charge in [0, 0.05) is 30.3 Å². The summed E-state index contributed by atoms with van der Waals surface area (Å²) in [5.74, 6) is -0.935. The number of halogens is 2. The zero-order chi connectivity index (χ0) is 13.1. The Hall–Kier alpha value is -0.910. The minimum absolute atomic E-state index is 0.919. The Kier molecular flexibility index (Phi) is 4.37. The van der Waals surface area contributed by atoms with Gasteiger partial charge in [-0.25, -0.2) is 4.79 Å². The maximum atomic E-state index is 10.4. The number of benzene rings is 1. The average Bonchev–Trinajstić information content (AvgIpc) is 2.75. The first kappa shape index (κ1) is 13.5. The Balaban J connectivity index is 2.32. The van der Waals surface area contributed by atoms with Crippen molar-refractivity contribution in [3.05, 3.63) is 50.2 Å². The predicted molar refractivity (Wildman–Crippen MR) is 81.8 cm³/mol. The van der Waals surface area contributed by atoms with Crippen LogP contribution in [-0.2, 0) is 4.79 Å². The van der Waals surface area contributed by atoms with Crippen molar-refractivity contribution >= 4 is 55.2 Å². The number of carboxylic acid groups (broad SMARTS) is 1. The zero-order valence-electron chi connectivity index (χ0n) is 9.06. The molecule has 2 nitrogen and oxygen atoms in total. The molecule has 0 saturated carbocycles. The second-order valence-corrected chi connectivity index (χ2v) is 6.38. The van der Waals surface area contributed by atoms with E-state index in [0.29, 0.717) is 0 Å². The van der Waals surface area contributed by atoms with Gasteiger partial charge < -0.3 is 5.11 Å². The van der Waals surface area contributed by atoms with Gasteiger partial charge in [-0.15, -0.1) is 11.3 Å². The van der Waals surface area contributed by atoms with Gasteiger partial charge in [-0.2, -0.15) is 0 Å². The number of thiophene rings is 1. The lowest BCUT2D eigenvalue weighted by atomic mass is 10.2. The summed E-state index contributed by atoms with van der Waals surface area (Å²) in [6.07, 6.45) is 2.75. The van der Waals surface area contributed by atoms with Crippen LogP contribution in [0.5, 0.6) is 0 Å². The predicted octanol–water partition coefficient (Wildman–Crippen LogP) is 5.04. The molecule has 1 heterocycles. The molecule has 0 aliphatic carbocycles. The molecule has 5 heteroatoms. The van der Waals surface area contributed by atoms with Crippen molar-refractivity contribution in [1.29, 1.82) is 0 Å². The molecule has 0 unspecified atom stereocenters. The second kappa shape index (κ2) is 5.82. The monoisotopic (exact) mass is 386 g/mol. The summed E-state index contributed by atoms with van der Waals surface area (Å²) in [4.78, 5) is 12.5. The highest BCUT2D eigenvalue weighted by Crippen LogP contribution is 2.35. The van der Waals surface area contributed by atoms with Gasteiger partial charge in [0.05, 0.1) is 0 Å². The SMILES string of the molecule is O=C(O)C=Cc1ccc(-c2ccc(Br)cc2Br)s1. The molecular weight excluding hydrogens is 380 g/mol. The van der Waals surface area contributed by atoms with E-state index < -0.39 is 5.97 Å². The fourth-order valence-electron chi connectivity index (χ4n) is 1.43. The third kappa shape index (κ3) is 3.31. The van der Waals surface area contributed by atoms with E-state index in [9.17, 15) is 4.79 Å². The number of carboxylic acids is 1. The third-order valence-electron chi connectivity index (χ3n) is 2.21. The minimum Gasteiger partial charge on any atom is -0.478 e. The van der Waals surface area contributed by atoms with Crippen LogP contribution in [0.2, 0.25) is 0 Å². The highest BCUT2D eigenvalue weighted by Gasteiger charge is 2.06. The molecule has 2 aromatic rings. The molecule has 0 radical (unpaired) electrons. The van der Waals surface area contributed by atoms with Gasteiger partial charge in [-0.05, 0) is 30.3 Å². The average molecular weight is 388 g/mol. The maximum absolute atomic E-state index is 10.4. The Morgan fingerprint density at radius 1 is 1.22 bits per heavy atom. The topological polar surface area (TPSA) is 37.3 Å². The van der Waals surface area contributed by atoms with Crippen LogP contribution in [0.15, 0.2) is 45.4 Å². The van der Waals surface area contributed by atoms with Crippen LogP contribution in [-0.4, -0.2) is 11.1 Å². The molecule has 92 valence electrons. The molecule has 0 fully saturated rings. The highest BCUT2D eigenvalue weighted by molar-refractivity contribution is 9.11. The molecule has 0 aliphatic heterocycles. The van der Waals surface area contributed by atoms with E-state index in [1.54, 1.807) is 17.4 Å². The molecule has 18 heavy (non-hydrogen) atoms. The van der Waals surface area contributed by atoms with Gasteiger partial charge in [-0.1, -0.05) is 37.9 Å². The molecule has 1 aromatic carbocycles. The normalized spacial score (nSPS) is 11.0. The molecule has 2 rings (SSSR count). The molecular formula is C13H8Br2O2S. The lowest BCUT2D eigenvalue weighted by molar-refractivity contribution is -0.131. The van der Waals surface area contributed by atoms with Crippen molar-refractivity contribution in [3.63, 3.8) is 0 Å². The molecule has 0 amide bonds. The Morgan fingerprint density at radius 2 is 2.00 bits per heavy atom. The van der Waals surface area contributed by atoms with Crippen molar-refractivity contribution in [3.8, 4) is 10.4 Å². The lowest BCUT2D eigenvalue weighted by Gasteiger charge is -2.01. The summed E-state index contributed by atoms with van der Waals surface area (Å²) < 4.78 is 2.02. The first-order chi connectivity index (χ1) is 8.56. The molecule has 1 aromatic heterocycles. The van der Waals surface area contributed by atoms with Gasteiger partial charge in [0.15, 0.2) is 0 Å². The Labute approximate surface area is 125 Å². The summed E-state index contributed by atoms with van der Waals surface area (Å²) in [6.45, 7) is 0. The maximum Gasteiger partial charge on any atom is 0.328 e. The van der Waals surface area contributed by atoms with E-state index in [2.05, 4.69) is 31.9 Å². The summed E-state index contributed by atoms with van der Waals surface area (Å²) in [7, 11) is 0. The van der Waals surface area contributed by atoms with Crippen molar-refractivity contribution in [2.75, 3.05) is 0 Å². The summed E-state index contributed by atoms with van der Waals surface area (Å²) in [5.41, 5.74) is 1.10. The molecule has 0 bridgehead atoms. The van der Waals surface area contributed by atoms with Crippen LogP contribution < -0.4 is 0 Å². The van der Waals surface area contributed by atoms with E-state index in [-0.39, 0.29) is 0 Å². The van der Waals surface area contributed by atoms with E-state index in [1.165, 1.54) is 0 Å². The number of hydrogen-bond acceptors (Lipinski definition) is 2. The van der Waals surface area contributed by atoms with Crippen LogP contribution in [0.25, 0.3) is 16.5 Å². The summed E-state index contributed by atoms with van der Waals surface area (Å²) >= 11 is 8.48. The van der Waals surface area contributed by atoms with Crippen molar-refractivity contribution in [2.45, 2.75) is 0 Å². The van der Waals surface area contributed by atoms with Crippen molar-refractivity contribution in [2.24, 2.45) is 0 Å². The first-order valence-electron chi connectivity index (χ1n) is 5.02. The van der Waals surface area contributed by atoms with Crippen LogP contribution >= 0.6 is 43.2 Å². The van der Waals surface area contributed by atoms with E-state index in [4.69, 9.17) is 5.11 Å². The quantitative estimate of drug-likeness (QED) is 0.749. The van der Waals surface area contributed by atoms with Crippen LogP contribution in [0.1, 0.15) is 4.88 Å². The van der Waals surface area contributed by atoms with Crippen molar-refractivity contribution in [1.82, 2.24) is 0 Å². The number of carbonyl (C=O) groups is 1. The molecule has 0 aliphatic rings. The number of aliphatic carboxylic acids is 1. The van der Waals surface area contributed by atoms with Gasteiger partial charge in [0.2, 0.25) is 0 Å². The van der Waals surface area contributed by atoms with Gasteiger partial charge in [0.1, 0.15) is 0 Å². The smallest absolute Gasteiger partial charge is 0.328 e. The van der Waals surface area contributed by atoms with E-state index >= 15 is 0 Å². The molecule has 0 spiro atoms. The standard InChI is InChI=1S/C13H8Br2O2S/c14-8-1-4-10(11(15)7-8)12-5-2-9(18-12)3-6-13(16)17/h1-7H,(H,16,17).